The monoisotopic (exact) mass is 465 g/mol. The van der Waals surface area contributed by atoms with E-state index in [1.54, 1.807) is 0 Å². The number of esters is 1. The summed E-state index contributed by atoms with van der Waals surface area (Å²) in [6.45, 7) is 8.39. The highest BCUT2D eigenvalue weighted by molar-refractivity contribution is 14.0. The summed E-state index contributed by atoms with van der Waals surface area (Å²) in [4.78, 5) is 15.7. The molecule has 0 bridgehead atoms. The maximum Gasteiger partial charge on any atom is 0.305 e. The molecule has 0 saturated heterocycles. The Labute approximate surface area is 168 Å². The van der Waals surface area contributed by atoms with Gasteiger partial charge in [-0.25, -0.2) is 4.99 Å². The van der Waals surface area contributed by atoms with Gasteiger partial charge >= 0.3 is 5.97 Å². The van der Waals surface area contributed by atoms with Crippen molar-refractivity contribution in [3.8, 4) is 0 Å². The summed E-state index contributed by atoms with van der Waals surface area (Å²) in [6.07, 6.45) is 3.33. The van der Waals surface area contributed by atoms with Gasteiger partial charge in [-0.05, 0) is 33.6 Å². The zero-order chi connectivity index (χ0) is 17.9. The summed E-state index contributed by atoms with van der Waals surface area (Å²) >= 11 is 0. The fourth-order valence-electron chi connectivity index (χ4n) is 2.43. The van der Waals surface area contributed by atoms with Crippen LogP contribution in [0.1, 0.15) is 49.6 Å². The number of aliphatic imine (C=N–C) groups is 1. The van der Waals surface area contributed by atoms with E-state index in [9.17, 15) is 4.79 Å². The number of aromatic nitrogens is 2. The second kappa shape index (κ2) is 13.0. The van der Waals surface area contributed by atoms with Gasteiger partial charge in [0, 0.05) is 37.8 Å². The molecule has 0 aromatic carbocycles. The van der Waals surface area contributed by atoms with Crippen molar-refractivity contribution >= 4 is 35.9 Å². The number of guanidine groups is 1. The highest BCUT2D eigenvalue weighted by Crippen LogP contribution is 2.12. The predicted octanol–water partition coefficient (Wildman–Crippen LogP) is 2.44. The number of nitrogens with zero attached hydrogens (tertiary/aromatic N) is 3. The molecule has 0 saturated carbocycles. The van der Waals surface area contributed by atoms with Crippen molar-refractivity contribution in [1.82, 2.24) is 20.4 Å². The molecule has 0 spiro atoms. The average molecular weight is 465 g/mol. The quantitative estimate of drug-likeness (QED) is 0.193. The van der Waals surface area contributed by atoms with E-state index in [1.165, 1.54) is 12.7 Å². The number of rotatable bonds is 9. The summed E-state index contributed by atoms with van der Waals surface area (Å²) < 4.78 is 6.52. The van der Waals surface area contributed by atoms with Gasteiger partial charge < -0.3 is 15.4 Å². The van der Waals surface area contributed by atoms with E-state index >= 15 is 0 Å². The topological polar surface area (TPSA) is 80.5 Å². The number of halogens is 1. The number of methoxy groups -OCH3 is 1. The van der Waals surface area contributed by atoms with Crippen molar-refractivity contribution in [2.75, 3.05) is 20.2 Å². The fraction of sp³-hybridized carbons (Fsp3) is 0.706. The van der Waals surface area contributed by atoms with Crippen LogP contribution in [0.25, 0.3) is 0 Å². The molecule has 0 fully saturated rings. The Kier molecular flexibility index (Phi) is 12.3. The molecular formula is C17H32IN5O2. The molecule has 1 aromatic heterocycles. The average Bonchev–Trinajstić information content (AvgIpc) is 2.80. The molecule has 0 aliphatic heterocycles. The van der Waals surface area contributed by atoms with E-state index in [0.717, 1.165) is 49.7 Å². The van der Waals surface area contributed by atoms with Gasteiger partial charge in [-0.15, -0.1) is 24.0 Å². The summed E-state index contributed by atoms with van der Waals surface area (Å²) in [7, 11) is 3.38. The van der Waals surface area contributed by atoms with Crippen LogP contribution >= 0.6 is 24.0 Å². The smallest absolute Gasteiger partial charge is 0.305 e. The second-order valence-corrected chi connectivity index (χ2v) is 5.78. The van der Waals surface area contributed by atoms with E-state index < -0.39 is 0 Å². The Bertz CT molecular complexity index is 557. The van der Waals surface area contributed by atoms with E-state index in [2.05, 4.69) is 32.4 Å². The SMILES string of the molecule is CCNC(=NCc1c(C)nn(C)c1C)NCCCCCC(=O)OC.I. The van der Waals surface area contributed by atoms with Crippen LogP contribution < -0.4 is 10.6 Å². The third kappa shape index (κ3) is 8.55. The van der Waals surface area contributed by atoms with Crippen LogP contribution in [0, 0.1) is 13.8 Å². The number of nitrogens with one attached hydrogen (secondary N) is 2. The highest BCUT2D eigenvalue weighted by atomic mass is 127. The fourth-order valence-corrected chi connectivity index (χ4v) is 2.43. The van der Waals surface area contributed by atoms with Gasteiger partial charge in [0.15, 0.2) is 5.96 Å². The molecule has 144 valence electrons. The van der Waals surface area contributed by atoms with Gasteiger partial charge in [0.25, 0.3) is 0 Å². The molecule has 25 heavy (non-hydrogen) atoms. The minimum Gasteiger partial charge on any atom is -0.469 e. The van der Waals surface area contributed by atoms with Crippen LogP contribution in [0.5, 0.6) is 0 Å². The first-order chi connectivity index (χ1) is 11.5. The minimum atomic E-state index is -0.139. The number of unbranched alkanes of at least 4 members (excludes halogenated alkanes) is 2. The van der Waals surface area contributed by atoms with Gasteiger partial charge in [0.05, 0.1) is 19.3 Å². The molecule has 2 N–H and O–H groups in total. The lowest BCUT2D eigenvalue weighted by atomic mass is 10.2. The van der Waals surface area contributed by atoms with Crippen molar-refractivity contribution in [2.45, 2.75) is 53.0 Å². The van der Waals surface area contributed by atoms with Gasteiger partial charge in [0.2, 0.25) is 0 Å². The minimum absolute atomic E-state index is 0. The molecule has 1 aromatic rings. The molecule has 0 radical (unpaired) electrons. The number of carbonyl (C=O) groups excluding carboxylic acids is 1. The molecule has 1 rings (SSSR count). The van der Waals surface area contributed by atoms with Gasteiger partial charge in [0.1, 0.15) is 0 Å². The summed E-state index contributed by atoms with van der Waals surface area (Å²) in [5.74, 6) is 0.674. The van der Waals surface area contributed by atoms with Gasteiger partial charge in [-0.3, -0.25) is 9.48 Å². The molecule has 8 heteroatoms. The number of carbonyl (C=O) groups is 1. The zero-order valence-corrected chi connectivity index (χ0v) is 18.3. The second-order valence-electron chi connectivity index (χ2n) is 5.78. The Hall–Kier alpha value is -1.32. The van der Waals surface area contributed by atoms with Gasteiger partial charge in [-0.1, -0.05) is 6.42 Å². The number of ether oxygens (including phenoxy) is 1. The lowest BCUT2D eigenvalue weighted by molar-refractivity contribution is -0.140. The molecule has 0 aliphatic rings. The summed E-state index contributed by atoms with van der Waals surface area (Å²) in [6, 6.07) is 0. The van der Waals surface area contributed by atoms with E-state index in [0.29, 0.717) is 13.0 Å². The van der Waals surface area contributed by atoms with Crippen LogP contribution in [0.3, 0.4) is 0 Å². The molecule has 0 atom stereocenters. The Morgan fingerprint density at radius 2 is 1.96 bits per heavy atom. The number of aryl methyl sites for hydroxylation is 2. The third-order valence-electron chi connectivity index (χ3n) is 3.98. The Morgan fingerprint density at radius 1 is 1.24 bits per heavy atom. The molecule has 1 heterocycles. The lowest BCUT2D eigenvalue weighted by Gasteiger charge is -2.11. The third-order valence-corrected chi connectivity index (χ3v) is 3.98. The molecular weight excluding hydrogens is 433 g/mol. The predicted molar refractivity (Wildman–Crippen MR) is 111 cm³/mol. The van der Waals surface area contributed by atoms with Crippen molar-refractivity contribution in [3.63, 3.8) is 0 Å². The van der Waals surface area contributed by atoms with E-state index in [1.807, 2.05) is 25.6 Å². The highest BCUT2D eigenvalue weighted by Gasteiger charge is 2.08. The van der Waals surface area contributed by atoms with Gasteiger partial charge in [-0.2, -0.15) is 5.10 Å². The lowest BCUT2D eigenvalue weighted by Crippen LogP contribution is -2.37. The molecule has 0 unspecified atom stereocenters. The summed E-state index contributed by atoms with van der Waals surface area (Å²) in [5.41, 5.74) is 3.35. The standard InChI is InChI=1S/C17H31N5O2.HI/c1-6-18-17(19-11-9-7-8-10-16(23)24-5)20-12-15-13(2)21-22(4)14(15)3;/h6-12H2,1-5H3,(H2,18,19,20);1H. The normalized spacial score (nSPS) is 11.0. The van der Waals surface area contributed by atoms with Crippen LogP contribution in [0.15, 0.2) is 4.99 Å². The first kappa shape index (κ1) is 23.7. The van der Waals surface area contributed by atoms with Crippen molar-refractivity contribution in [2.24, 2.45) is 12.0 Å². The molecule has 0 aliphatic carbocycles. The number of hydrogen-bond donors (Lipinski definition) is 2. The maximum atomic E-state index is 11.0. The van der Waals surface area contributed by atoms with Crippen molar-refractivity contribution in [3.05, 3.63) is 17.0 Å². The van der Waals surface area contributed by atoms with E-state index in [-0.39, 0.29) is 29.9 Å². The van der Waals surface area contributed by atoms with Crippen LogP contribution in [0.4, 0.5) is 0 Å². The number of hydrogen-bond acceptors (Lipinski definition) is 4. The first-order valence-corrected chi connectivity index (χ1v) is 8.57. The Morgan fingerprint density at radius 3 is 2.52 bits per heavy atom. The maximum absolute atomic E-state index is 11.0. The van der Waals surface area contributed by atoms with E-state index in [4.69, 9.17) is 0 Å². The first-order valence-electron chi connectivity index (χ1n) is 8.57. The van der Waals surface area contributed by atoms with Crippen molar-refractivity contribution in [1.29, 1.82) is 0 Å². The molecule has 0 amide bonds. The summed E-state index contributed by atoms with van der Waals surface area (Å²) in [5, 5.41) is 11.0. The zero-order valence-electron chi connectivity index (χ0n) is 16.0. The van der Waals surface area contributed by atoms with Crippen LogP contribution in [-0.2, 0) is 23.1 Å². The Balaban J connectivity index is 0.00000576. The van der Waals surface area contributed by atoms with Crippen LogP contribution in [-0.4, -0.2) is 41.9 Å². The largest absolute Gasteiger partial charge is 0.469 e. The van der Waals surface area contributed by atoms with Crippen molar-refractivity contribution < 1.29 is 9.53 Å². The van der Waals surface area contributed by atoms with Crippen LogP contribution in [0.2, 0.25) is 0 Å². The molecule has 7 nitrogen and oxygen atoms in total.